The number of rotatable bonds is 2. The molecule has 1 amide bonds. The fourth-order valence-corrected chi connectivity index (χ4v) is 1.45. The van der Waals surface area contributed by atoms with Gasteiger partial charge in [-0.05, 0) is 12.3 Å². The van der Waals surface area contributed by atoms with Crippen LogP contribution in [0.25, 0.3) is 0 Å². The van der Waals surface area contributed by atoms with Crippen molar-refractivity contribution in [2.75, 3.05) is 13.1 Å². The zero-order chi connectivity index (χ0) is 9.14. The van der Waals surface area contributed by atoms with E-state index < -0.39 is 0 Å². The second-order valence-electron chi connectivity index (χ2n) is 3.88. The van der Waals surface area contributed by atoms with Crippen LogP contribution in [0.4, 0.5) is 0 Å². The van der Waals surface area contributed by atoms with E-state index in [0.717, 1.165) is 13.0 Å². The summed E-state index contributed by atoms with van der Waals surface area (Å²) in [6, 6.07) is 0. The minimum absolute atomic E-state index is 0.182. The van der Waals surface area contributed by atoms with Gasteiger partial charge in [-0.1, -0.05) is 13.8 Å². The van der Waals surface area contributed by atoms with Crippen molar-refractivity contribution < 1.29 is 9.90 Å². The lowest BCUT2D eigenvalue weighted by Crippen LogP contribution is -2.30. The van der Waals surface area contributed by atoms with Crippen molar-refractivity contribution in [1.82, 2.24) is 4.90 Å². The number of carbonyl (C=O) groups is 1. The second kappa shape index (κ2) is 3.90. The number of likely N-dealkylation sites (tertiary alicyclic amines) is 1. The maximum atomic E-state index is 11.4. The Morgan fingerprint density at radius 2 is 2.33 bits per heavy atom. The summed E-state index contributed by atoms with van der Waals surface area (Å²) >= 11 is 0. The number of carbonyl (C=O) groups excluding carboxylic acids is 1. The number of amides is 1. The number of nitrogens with zero attached hydrogens (tertiary/aromatic N) is 1. The van der Waals surface area contributed by atoms with Gasteiger partial charge in [0.2, 0.25) is 5.91 Å². The summed E-state index contributed by atoms with van der Waals surface area (Å²) in [6.07, 6.45) is 1.05. The molecule has 3 heteroatoms. The molecule has 1 fully saturated rings. The fraction of sp³-hybridized carbons (Fsp3) is 0.889. The van der Waals surface area contributed by atoms with Gasteiger partial charge in [0, 0.05) is 19.5 Å². The first kappa shape index (κ1) is 9.52. The van der Waals surface area contributed by atoms with Crippen molar-refractivity contribution in [3.05, 3.63) is 0 Å². The van der Waals surface area contributed by atoms with E-state index in [1.54, 1.807) is 4.90 Å². The van der Waals surface area contributed by atoms with Crippen LogP contribution < -0.4 is 0 Å². The SMILES string of the molecule is CC(C)CC(=O)N1CCC(O)C1. The first-order valence-corrected chi connectivity index (χ1v) is 4.55. The summed E-state index contributed by atoms with van der Waals surface area (Å²) in [4.78, 5) is 13.2. The van der Waals surface area contributed by atoms with Gasteiger partial charge in [0.25, 0.3) is 0 Å². The molecular weight excluding hydrogens is 154 g/mol. The van der Waals surface area contributed by atoms with Crippen molar-refractivity contribution in [2.24, 2.45) is 5.92 Å². The van der Waals surface area contributed by atoms with Crippen molar-refractivity contribution in [2.45, 2.75) is 32.8 Å². The summed E-state index contributed by atoms with van der Waals surface area (Å²) in [6.45, 7) is 5.33. The van der Waals surface area contributed by atoms with Crippen molar-refractivity contribution in [3.63, 3.8) is 0 Å². The summed E-state index contributed by atoms with van der Waals surface area (Å²) in [5.41, 5.74) is 0. The number of hydrogen-bond acceptors (Lipinski definition) is 2. The first-order chi connectivity index (χ1) is 5.59. The fourth-order valence-electron chi connectivity index (χ4n) is 1.45. The van der Waals surface area contributed by atoms with Gasteiger partial charge in [0.15, 0.2) is 0 Å². The lowest BCUT2D eigenvalue weighted by Gasteiger charge is -2.16. The van der Waals surface area contributed by atoms with Crippen molar-refractivity contribution in [1.29, 1.82) is 0 Å². The average molecular weight is 171 g/mol. The topological polar surface area (TPSA) is 40.5 Å². The summed E-state index contributed by atoms with van der Waals surface area (Å²) in [5.74, 6) is 0.594. The van der Waals surface area contributed by atoms with E-state index >= 15 is 0 Å². The van der Waals surface area contributed by atoms with E-state index in [-0.39, 0.29) is 12.0 Å². The standard InChI is InChI=1S/C9H17NO2/c1-7(2)5-9(12)10-4-3-8(11)6-10/h7-8,11H,3-6H2,1-2H3. The smallest absolute Gasteiger partial charge is 0.222 e. The van der Waals surface area contributed by atoms with Gasteiger partial charge in [-0.15, -0.1) is 0 Å². The van der Waals surface area contributed by atoms with Gasteiger partial charge in [-0.3, -0.25) is 4.79 Å². The molecule has 1 aliphatic heterocycles. The van der Waals surface area contributed by atoms with Gasteiger partial charge < -0.3 is 10.0 Å². The number of β-amino-alcohol motifs (C(OH)–C–C–N with tert-alkyl or cyclic N) is 1. The van der Waals surface area contributed by atoms with Crippen molar-refractivity contribution in [3.8, 4) is 0 Å². The Kier molecular flexibility index (Phi) is 3.09. The Labute approximate surface area is 73.4 Å². The highest BCUT2D eigenvalue weighted by molar-refractivity contribution is 5.76. The minimum Gasteiger partial charge on any atom is -0.391 e. The summed E-state index contributed by atoms with van der Waals surface area (Å²) in [7, 11) is 0. The van der Waals surface area contributed by atoms with Crippen LogP contribution >= 0.6 is 0 Å². The molecule has 1 rings (SSSR count). The van der Waals surface area contributed by atoms with Crippen LogP contribution in [0, 0.1) is 5.92 Å². The predicted octanol–water partition coefficient (Wildman–Crippen LogP) is 0.626. The molecule has 1 N–H and O–H groups in total. The normalized spacial score (nSPS) is 23.7. The molecule has 1 unspecified atom stereocenters. The zero-order valence-electron chi connectivity index (χ0n) is 7.79. The lowest BCUT2D eigenvalue weighted by molar-refractivity contribution is -0.131. The summed E-state index contributed by atoms with van der Waals surface area (Å²) < 4.78 is 0. The van der Waals surface area contributed by atoms with Gasteiger partial charge in [-0.25, -0.2) is 0 Å². The maximum absolute atomic E-state index is 11.4. The van der Waals surface area contributed by atoms with Gasteiger partial charge in [0.05, 0.1) is 6.10 Å². The number of hydrogen-bond donors (Lipinski definition) is 1. The van der Waals surface area contributed by atoms with Crippen molar-refractivity contribution >= 4 is 5.91 Å². The molecule has 1 saturated heterocycles. The van der Waals surface area contributed by atoms with E-state index in [2.05, 4.69) is 0 Å². The van der Waals surface area contributed by atoms with Crippen LogP contribution in [0.5, 0.6) is 0 Å². The Morgan fingerprint density at radius 1 is 1.67 bits per heavy atom. The Bertz CT molecular complexity index is 168. The molecule has 12 heavy (non-hydrogen) atoms. The molecule has 0 radical (unpaired) electrons. The number of aliphatic hydroxyl groups excluding tert-OH is 1. The van der Waals surface area contributed by atoms with E-state index in [4.69, 9.17) is 0 Å². The van der Waals surface area contributed by atoms with Gasteiger partial charge in [-0.2, -0.15) is 0 Å². The largest absolute Gasteiger partial charge is 0.391 e. The molecule has 0 saturated carbocycles. The highest BCUT2D eigenvalue weighted by Gasteiger charge is 2.24. The third-order valence-electron chi connectivity index (χ3n) is 2.10. The molecule has 1 aliphatic rings. The molecule has 70 valence electrons. The van der Waals surface area contributed by atoms with Crippen LogP contribution in [0.1, 0.15) is 26.7 Å². The molecule has 1 heterocycles. The molecule has 0 aromatic heterocycles. The number of aliphatic hydroxyl groups is 1. The predicted molar refractivity (Wildman–Crippen MR) is 46.7 cm³/mol. The van der Waals surface area contributed by atoms with E-state index in [9.17, 15) is 9.90 Å². The highest BCUT2D eigenvalue weighted by Crippen LogP contribution is 2.12. The average Bonchev–Trinajstić information content (AvgIpc) is 2.34. The first-order valence-electron chi connectivity index (χ1n) is 4.55. The van der Waals surface area contributed by atoms with Crippen LogP contribution in [0.2, 0.25) is 0 Å². The molecule has 1 atom stereocenters. The lowest BCUT2D eigenvalue weighted by atomic mass is 10.1. The van der Waals surface area contributed by atoms with Crippen LogP contribution in [0.15, 0.2) is 0 Å². The second-order valence-corrected chi connectivity index (χ2v) is 3.88. The van der Waals surface area contributed by atoms with E-state index in [1.165, 1.54) is 0 Å². The van der Waals surface area contributed by atoms with Gasteiger partial charge in [0.1, 0.15) is 0 Å². The van der Waals surface area contributed by atoms with E-state index in [0.29, 0.717) is 18.9 Å². The molecule has 3 nitrogen and oxygen atoms in total. The molecule has 0 aromatic carbocycles. The molecule has 0 bridgehead atoms. The maximum Gasteiger partial charge on any atom is 0.222 e. The Hall–Kier alpha value is -0.570. The molecule has 0 spiro atoms. The zero-order valence-corrected chi connectivity index (χ0v) is 7.79. The van der Waals surface area contributed by atoms with Crippen LogP contribution in [0.3, 0.4) is 0 Å². The van der Waals surface area contributed by atoms with E-state index in [1.807, 2.05) is 13.8 Å². The minimum atomic E-state index is -0.291. The third kappa shape index (κ3) is 2.48. The summed E-state index contributed by atoms with van der Waals surface area (Å²) in [5, 5.41) is 9.19. The van der Waals surface area contributed by atoms with Crippen LogP contribution in [-0.4, -0.2) is 35.1 Å². The molecule has 0 aromatic rings. The molecule has 0 aliphatic carbocycles. The highest BCUT2D eigenvalue weighted by atomic mass is 16.3. The Balaban J connectivity index is 2.33. The molecular formula is C9H17NO2. The quantitative estimate of drug-likeness (QED) is 0.662. The Morgan fingerprint density at radius 3 is 2.75 bits per heavy atom. The van der Waals surface area contributed by atoms with Crippen LogP contribution in [-0.2, 0) is 4.79 Å². The monoisotopic (exact) mass is 171 g/mol. The third-order valence-corrected chi connectivity index (χ3v) is 2.10. The van der Waals surface area contributed by atoms with Gasteiger partial charge >= 0.3 is 0 Å².